The summed E-state index contributed by atoms with van der Waals surface area (Å²) in [4.78, 5) is 15.6. The number of hydrogen-bond acceptors (Lipinski definition) is 4. The lowest BCUT2D eigenvalue weighted by atomic mass is 10.1. The van der Waals surface area contributed by atoms with E-state index in [0.29, 0.717) is 23.6 Å². The zero-order valence-electron chi connectivity index (χ0n) is 12.7. The van der Waals surface area contributed by atoms with Crippen LogP contribution in [0.25, 0.3) is 0 Å². The highest BCUT2D eigenvalue weighted by molar-refractivity contribution is 7.13. The van der Waals surface area contributed by atoms with E-state index in [2.05, 4.69) is 18.0 Å². The van der Waals surface area contributed by atoms with Crippen molar-refractivity contribution in [2.45, 2.75) is 34.1 Å². The van der Waals surface area contributed by atoms with E-state index in [4.69, 9.17) is 9.84 Å². The smallest absolute Gasteiger partial charge is 0.347 e. The number of carboxylic acid groups (broad SMARTS) is 1. The van der Waals surface area contributed by atoms with E-state index < -0.39 is 5.97 Å². The highest BCUT2D eigenvalue weighted by atomic mass is 32.1. The molecular formula is C16H19NO3S. The Bertz CT molecular complexity index is 676. The number of aromatic nitrogens is 1. The van der Waals surface area contributed by atoms with Crippen LogP contribution >= 0.6 is 11.3 Å². The van der Waals surface area contributed by atoms with Gasteiger partial charge in [0, 0.05) is 6.42 Å². The molecule has 0 aliphatic heterocycles. The van der Waals surface area contributed by atoms with Crippen molar-refractivity contribution in [2.24, 2.45) is 0 Å². The van der Waals surface area contributed by atoms with E-state index in [-0.39, 0.29) is 0 Å². The van der Waals surface area contributed by atoms with E-state index in [1.807, 2.05) is 19.9 Å². The normalized spacial score (nSPS) is 10.7. The van der Waals surface area contributed by atoms with Gasteiger partial charge in [-0.25, -0.2) is 9.78 Å². The van der Waals surface area contributed by atoms with Gasteiger partial charge in [-0.1, -0.05) is 12.1 Å². The molecule has 0 radical (unpaired) electrons. The first kappa shape index (κ1) is 15.5. The van der Waals surface area contributed by atoms with Crippen LogP contribution in [0.1, 0.15) is 37.1 Å². The Kier molecular flexibility index (Phi) is 4.63. The largest absolute Gasteiger partial charge is 0.493 e. The van der Waals surface area contributed by atoms with Crippen molar-refractivity contribution >= 4 is 17.3 Å². The summed E-state index contributed by atoms with van der Waals surface area (Å²) in [6.45, 7) is 8.35. The van der Waals surface area contributed by atoms with Gasteiger partial charge in [-0.2, -0.15) is 0 Å². The van der Waals surface area contributed by atoms with Gasteiger partial charge in [-0.05, 0) is 44.4 Å². The lowest BCUT2D eigenvalue weighted by Crippen LogP contribution is -2.04. The van der Waals surface area contributed by atoms with Crippen molar-refractivity contribution in [3.8, 4) is 5.75 Å². The van der Waals surface area contributed by atoms with Crippen molar-refractivity contribution in [1.82, 2.24) is 4.98 Å². The number of aromatic carboxylic acids is 1. The Balaban J connectivity index is 2.04. The fourth-order valence-electron chi connectivity index (χ4n) is 2.15. The van der Waals surface area contributed by atoms with Gasteiger partial charge in [0.15, 0.2) is 0 Å². The highest BCUT2D eigenvalue weighted by Crippen LogP contribution is 2.26. The number of benzene rings is 1. The van der Waals surface area contributed by atoms with Gasteiger partial charge in [0.05, 0.1) is 17.3 Å². The van der Waals surface area contributed by atoms with Gasteiger partial charge in [0.25, 0.3) is 0 Å². The van der Waals surface area contributed by atoms with Crippen LogP contribution in [0.2, 0.25) is 0 Å². The predicted molar refractivity (Wildman–Crippen MR) is 83.7 cm³/mol. The lowest BCUT2D eigenvalue weighted by Gasteiger charge is -2.13. The van der Waals surface area contributed by atoms with Crippen molar-refractivity contribution < 1.29 is 14.6 Å². The molecule has 0 unspecified atom stereocenters. The second-order valence-electron chi connectivity index (χ2n) is 5.08. The van der Waals surface area contributed by atoms with Crippen LogP contribution < -0.4 is 4.74 Å². The Morgan fingerprint density at radius 3 is 2.52 bits per heavy atom. The molecule has 0 amide bonds. The van der Waals surface area contributed by atoms with Crippen LogP contribution in [-0.4, -0.2) is 22.7 Å². The zero-order chi connectivity index (χ0) is 15.6. The fourth-order valence-corrected chi connectivity index (χ4v) is 3.03. The minimum atomic E-state index is -0.914. The molecule has 1 aromatic carbocycles. The standard InChI is InChI=1S/C16H19NO3S/c1-9-5-6-10(2)14(11(9)3)20-8-7-13-17-12(4)15(21-13)16(18)19/h5-6H,7-8H2,1-4H3,(H,18,19). The summed E-state index contributed by atoms with van der Waals surface area (Å²) in [6, 6.07) is 4.13. The van der Waals surface area contributed by atoms with E-state index in [9.17, 15) is 4.79 Å². The highest BCUT2D eigenvalue weighted by Gasteiger charge is 2.14. The van der Waals surface area contributed by atoms with Crippen LogP contribution in [0.5, 0.6) is 5.75 Å². The predicted octanol–water partition coefficient (Wildman–Crippen LogP) is 3.70. The molecule has 0 fully saturated rings. The number of carboxylic acids is 1. The molecule has 1 N–H and O–H groups in total. The molecule has 0 bridgehead atoms. The molecule has 0 saturated carbocycles. The maximum Gasteiger partial charge on any atom is 0.347 e. The maximum atomic E-state index is 11.0. The number of rotatable bonds is 5. The van der Waals surface area contributed by atoms with E-state index in [0.717, 1.165) is 21.9 Å². The summed E-state index contributed by atoms with van der Waals surface area (Å²) in [5.74, 6) is 0.00396. The minimum Gasteiger partial charge on any atom is -0.493 e. The van der Waals surface area contributed by atoms with Gasteiger partial charge >= 0.3 is 5.97 Å². The number of hydrogen-bond donors (Lipinski definition) is 1. The summed E-state index contributed by atoms with van der Waals surface area (Å²) in [5, 5.41) is 9.82. The van der Waals surface area contributed by atoms with Crippen LogP contribution in [0.3, 0.4) is 0 Å². The molecule has 2 rings (SSSR count). The van der Waals surface area contributed by atoms with Crippen molar-refractivity contribution in [3.05, 3.63) is 44.4 Å². The number of aryl methyl sites for hydroxylation is 3. The first-order valence-electron chi connectivity index (χ1n) is 6.79. The third-order valence-electron chi connectivity index (χ3n) is 3.47. The summed E-state index contributed by atoms with van der Waals surface area (Å²) in [7, 11) is 0. The second-order valence-corrected chi connectivity index (χ2v) is 6.16. The van der Waals surface area contributed by atoms with Crippen LogP contribution in [-0.2, 0) is 6.42 Å². The molecule has 5 heteroatoms. The van der Waals surface area contributed by atoms with Crippen molar-refractivity contribution in [2.75, 3.05) is 6.61 Å². The molecule has 0 atom stereocenters. The summed E-state index contributed by atoms with van der Waals surface area (Å²) in [5.41, 5.74) is 4.04. The zero-order valence-corrected chi connectivity index (χ0v) is 13.5. The van der Waals surface area contributed by atoms with Gasteiger partial charge < -0.3 is 9.84 Å². The molecule has 0 aliphatic carbocycles. The van der Waals surface area contributed by atoms with Gasteiger partial charge in [0.2, 0.25) is 0 Å². The number of nitrogens with zero attached hydrogens (tertiary/aromatic N) is 1. The lowest BCUT2D eigenvalue weighted by molar-refractivity contribution is 0.0701. The molecule has 4 nitrogen and oxygen atoms in total. The van der Waals surface area contributed by atoms with Gasteiger partial charge in [-0.3, -0.25) is 0 Å². The monoisotopic (exact) mass is 305 g/mol. The molecular weight excluding hydrogens is 286 g/mol. The SMILES string of the molecule is Cc1ccc(C)c(OCCc2nc(C)c(C(=O)O)s2)c1C. The third-order valence-corrected chi connectivity index (χ3v) is 4.68. The Morgan fingerprint density at radius 2 is 1.90 bits per heavy atom. The Hall–Kier alpha value is -1.88. The van der Waals surface area contributed by atoms with Crippen LogP contribution in [0, 0.1) is 27.7 Å². The van der Waals surface area contributed by atoms with Gasteiger partial charge in [0.1, 0.15) is 10.6 Å². The van der Waals surface area contributed by atoms with E-state index >= 15 is 0 Å². The van der Waals surface area contributed by atoms with Crippen molar-refractivity contribution in [3.63, 3.8) is 0 Å². The van der Waals surface area contributed by atoms with Crippen molar-refractivity contribution in [1.29, 1.82) is 0 Å². The third kappa shape index (κ3) is 3.42. The number of carbonyl (C=O) groups is 1. The maximum absolute atomic E-state index is 11.0. The average molecular weight is 305 g/mol. The summed E-state index contributed by atoms with van der Waals surface area (Å²) >= 11 is 1.22. The average Bonchev–Trinajstić information content (AvgIpc) is 2.79. The molecule has 21 heavy (non-hydrogen) atoms. The molecule has 1 aromatic heterocycles. The van der Waals surface area contributed by atoms with E-state index in [1.165, 1.54) is 16.9 Å². The van der Waals surface area contributed by atoms with Crippen LogP contribution in [0.4, 0.5) is 0 Å². The Morgan fingerprint density at radius 1 is 1.24 bits per heavy atom. The second kappa shape index (κ2) is 6.26. The fraction of sp³-hybridized carbons (Fsp3) is 0.375. The molecule has 112 valence electrons. The summed E-state index contributed by atoms with van der Waals surface area (Å²) in [6.07, 6.45) is 0.617. The minimum absolute atomic E-state index is 0.313. The number of ether oxygens (including phenoxy) is 1. The van der Waals surface area contributed by atoms with Crippen LogP contribution in [0.15, 0.2) is 12.1 Å². The summed E-state index contributed by atoms with van der Waals surface area (Å²) < 4.78 is 5.88. The molecule has 0 spiro atoms. The molecule has 2 aromatic rings. The first-order chi connectivity index (χ1) is 9.90. The Labute approximate surface area is 128 Å². The first-order valence-corrected chi connectivity index (χ1v) is 7.61. The molecule has 0 aliphatic rings. The quantitative estimate of drug-likeness (QED) is 0.915. The molecule has 1 heterocycles. The molecule has 0 saturated heterocycles. The number of thiazole rings is 1. The van der Waals surface area contributed by atoms with E-state index in [1.54, 1.807) is 6.92 Å². The van der Waals surface area contributed by atoms with Gasteiger partial charge in [-0.15, -0.1) is 11.3 Å². The topological polar surface area (TPSA) is 59.4 Å².